The zero-order valence-electron chi connectivity index (χ0n) is 34.6. The monoisotopic (exact) mass is 815 g/mol. The Morgan fingerprint density at radius 3 is 1.50 bits per heavy atom. The fourth-order valence-electron chi connectivity index (χ4n) is 10.7. The van der Waals surface area contributed by atoms with E-state index in [0.717, 1.165) is 44.5 Å². The fraction of sp³-hybridized carbons (Fsp3) is 0. The lowest BCUT2D eigenvalue weighted by Gasteiger charge is -2.17. The Balaban J connectivity index is 1.04. The smallest absolute Gasteiger partial charge is 0.135 e. The molecule has 4 aromatic heterocycles. The third-order valence-electron chi connectivity index (χ3n) is 13.4. The molecule has 64 heavy (non-hydrogen) atoms. The Labute approximate surface area is 367 Å². The van der Waals surface area contributed by atoms with Gasteiger partial charge in [0.1, 0.15) is 11.2 Å². The van der Waals surface area contributed by atoms with Gasteiger partial charge in [-0.2, -0.15) is 0 Å². The van der Waals surface area contributed by atoms with Crippen molar-refractivity contribution in [2.45, 2.75) is 0 Å². The van der Waals surface area contributed by atoms with Gasteiger partial charge in [-0.05, 0) is 102 Å². The molecule has 14 aromatic rings. The average Bonchev–Trinajstić information content (AvgIpc) is 4.10. The van der Waals surface area contributed by atoms with Gasteiger partial charge in [-0.3, -0.25) is 0 Å². The summed E-state index contributed by atoms with van der Waals surface area (Å²) in [6, 6.07) is 81.6. The maximum atomic E-state index is 6.33. The number of fused-ring (bicyclic) bond motifs is 12. The number of furan rings is 1. The van der Waals surface area contributed by atoms with Crippen LogP contribution in [-0.2, 0) is 0 Å². The van der Waals surface area contributed by atoms with Crippen LogP contribution >= 0.6 is 0 Å². The van der Waals surface area contributed by atoms with Crippen molar-refractivity contribution in [2.75, 3.05) is 0 Å². The molecule has 0 aliphatic carbocycles. The first kappa shape index (κ1) is 35.0. The van der Waals surface area contributed by atoms with Crippen LogP contribution in [0.4, 0.5) is 0 Å². The normalized spacial score (nSPS) is 12.1. The van der Waals surface area contributed by atoms with Crippen LogP contribution in [0.15, 0.2) is 229 Å². The van der Waals surface area contributed by atoms with Crippen molar-refractivity contribution >= 4 is 87.4 Å². The molecule has 0 fully saturated rings. The molecule has 10 aromatic carbocycles. The first-order valence-electron chi connectivity index (χ1n) is 21.9. The minimum atomic E-state index is 0.888. The van der Waals surface area contributed by atoms with E-state index in [1.54, 1.807) is 0 Å². The van der Waals surface area contributed by atoms with Crippen molar-refractivity contribution in [1.29, 1.82) is 0 Å². The molecule has 4 heterocycles. The molecule has 4 nitrogen and oxygen atoms in total. The summed E-state index contributed by atoms with van der Waals surface area (Å²) in [7, 11) is 0. The van der Waals surface area contributed by atoms with Gasteiger partial charge >= 0.3 is 0 Å². The quantitative estimate of drug-likeness (QED) is 0.170. The van der Waals surface area contributed by atoms with Gasteiger partial charge in [-0.1, -0.05) is 140 Å². The van der Waals surface area contributed by atoms with Crippen LogP contribution in [0.25, 0.3) is 127 Å². The van der Waals surface area contributed by atoms with Crippen LogP contribution in [0.3, 0.4) is 0 Å². The van der Waals surface area contributed by atoms with Gasteiger partial charge in [-0.25, -0.2) is 0 Å². The van der Waals surface area contributed by atoms with Gasteiger partial charge in [0.15, 0.2) is 0 Å². The largest absolute Gasteiger partial charge is 0.456 e. The molecule has 0 unspecified atom stereocenters. The summed E-state index contributed by atoms with van der Waals surface area (Å²) < 4.78 is 13.6. The second-order valence-corrected chi connectivity index (χ2v) is 16.9. The molecule has 0 amide bonds. The van der Waals surface area contributed by atoms with Gasteiger partial charge in [0.05, 0.1) is 33.1 Å². The van der Waals surface area contributed by atoms with Gasteiger partial charge in [-0.15, -0.1) is 0 Å². The zero-order valence-corrected chi connectivity index (χ0v) is 34.6. The second-order valence-electron chi connectivity index (χ2n) is 16.9. The summed E-state index contributed by atoms with van der Waals surface area (Å²) in [5.74, 6) is 0. The minimum absolute atomic E-state index is 0.888. The number of benzene rings is 10. The van der Waals surface area contributed by atoms with Crippen molar-refractivity contribution in [3.05, 3.63) is 224 Å². The number of aromatic nitrogens is 3. The van der Waals surface area contributed by atoms with E-state index in [-0.39, 0.29) is 0 Å². The molecular weight excluding hydrogens is 779 g/mol. The summed E-state index contributed by atoms with van der Waals surface area (Å²) in [5, 5.41) is 9.56. The topological polar surface area (TPSA) is 27.9 Å². The summed E-state index contributed by atoms with van der Waals surface area (Å²) in [5.41, 5.74) is 17.0. The Morgan fingerprint density at radius 2 is 0.766 bits per heavy atom. The van der Waals surface area contributed by atoms with Crippen molar-refractivity contribution < 1.29 is 4.42 Å². The second kappa shape index (κ2) is 13.4. The molecule has 4 heteroatoms. The van der Waals surface area contributed by atoms with Crippen LogP contribution in [0.2, 0.25) is 0 Å². The van der Waals surface area contributed by atoms with E-state index in [0.29, 0.717) is 0 Å². The third kappa shape index (κ3) is 4.99. The molecule has 0 saturated heterocycles. The SMILES string of the molecule is c1ccc(-c2ccc3c4ccccc4n(-c4ccc5oc6ccccc6c5c4)c3c2-c2ccc3c(c2)c2ccccc2n3-c2ccc3c(c2)c2ccccc2n3-c2ccccc2)cc1. The summed E-state index contributed by atoms with van der Waals surface area (Å²) in [6.07, 6.45) is 0. The highest BCUT2D eigenvalue weighted by molar-refractivity contribution is 6.19. The number of hydrogen-bond donors (Lipinski definition) is 0. The molecule has 0 bridgehead atoms. The Bertz CT molecular complexity index is 4180. The third-order valence-corrected chi connectivity index (χ3v) is 13.4. The molecular formula is C60H37N3O. The van der Waals surface area contributed by atoms with Crippen molar-refractivity contribution in [3.8, 4) is 39.3 Å². The number of nitrogens with zero attached hydrogens (tertiary/aromatic N) is 3. The number of hydrogen-bond acceptors (Lipinski definition) is 1. The van der Waals surface area contributed by atoms with Crippen molar-refractivity contribution in [2.24, 2.45) is 0 Å². The lowest BCUT2D eigenvalue weighted by molar-refractivity contribution is 0.669. The van der Waals surface area contributed by atoms with Gasteiger partial charge in [0.25, 0.3) is 0 Å². The van der Waals surface area contributed by atoms with Crippen LogP contribution in [-0.4, -0.2) is 13.7 Å². The summed E-state index contributed by atoms with van der Waals surface area (Å²) in [6.45, 7) is 0. The van der Waals surface area contributed by atoms with Crippen LogP contribution in [0.1, 0.15) is 0 Å². The molecule has 14 rings (SSSR count). The molecule has 0 atom stereocenters. The van der Waals surface area contributed by atoms with Crippen LogP contribution in [0, 0.1) is 0 Å². The van der Waals surface area contributed by atoms with E-state index in [4.69, 9.17) is 4.42 Å². The maximum absolute atomic E-state index is 6.33. The molecule has 0 aliphatic heterocycles. The molecule has 0 spiro atoms. The van der Waals surface area contributed by atoms with E-state index in [1.165, 1.54) is 82.2 Å². The molecule has 298 valence electrons. The standard InChI is InChI=1S/C60H37N3O/c1-3-15-38(16-4-1)43-30-31-48-44-19-7-13-25-54(44)63(42-29-34-58-51(37-42)47-22-10-14-26-57(47)64-58)60(48)59(43)39-27-32-55-49(35-39)45-20-8-12-24-53(45)62(55)41-28-33-56-50(36-41)46-21-9-11-23-52(46)61(56)40-17-5-2-6-18-40/h1-37H. The van der Waals surface area contributed by atoms with E-state index in [2.05, 4.69) is 232 Å². The number of para-hydroxylation sites is 5. The maximum Gasteiger partial charge on any atom is 0.135 e. The summed E-state index contributed by atoms with van der Waals surface area (Å²) >= 11 is 0. The molecule has 0 saturated carbocycles. The Morgan fingerprint density at radius 1 is 0.266 bits per heavy atom. The predicted molar refractivity (Wildman–Crippen MR) is 268 cm³/mol. The Hall–Kier alpha value is -8.60. The van der Waals surface area contributed by atoms with E-state index >= 15 is 0 Å². The Kier molecular flexibility index (Phi) is 7.36. The van der Waals surface area contributed by atoms with Gasteiger partial charge < -0.3 is 18.1 Å². The van der Waals surface area contributed by atoms with Crippen LogP contribution < -0.4 is 0 Å². The highest BCUT2D eigenvalue weighted by atomic mass is 16.3. The van der Waals surface area contributed by atoms with Crippen LogP contribution in [0.5, 0.6) is 0 Å². The predicted octanol–water partition coefficient (Wildman–Crippen LogP) is 16.2. The lowest BCUT2D eigenvalue weighted by atomic mass is 9.91. The minimum Gasteiger partial charge on any atom is -0.456 e. The van der Waals surface area contributed by atoms with Crippen molar-refractivity contribution in [1.82, 2.24) is 13.7 Å². The molecule has 0 N–H and O–H groups in total. The van der Waals surface area contributed by atoms with E-state index in [1.807, 2.05) is 6.07 Å². The first-order valence-corrected chi connectivity index (χ1v) is 21.9. The zero-order chi connectivity index (χ0) is 41.9. The average molecular weight is 816 g/mol. The summed E-state index contributed by atoms with van der Waals surface area (Å²) in [4.78, 5) is 0. The number of rotatable bonds is 5. The highest BCUT2D eigenvalue weighted by Gasteiger charge is 2.23. The van der Waals surface area contributed by atoms with E-state index < -0.39 is 0 Å². The fourth-order valence-corrected chi connectivity index (χ4v) is 10.7. The molecule has 0 radical (unpaired) electrons. The van der Waals surface area contributed by atoms with E-state index in [9.17, 15) is 0 Å². The molecule has 0 aliphatic rings. The van der Waals surface area contributed by atoms with Crippen molar-refractivity contribution in [3.63, 3.8) is 0 Å². The van der Waals surface area contributed by atoms with Gasteiger partial charge in [0.2, 0.25) is 0 Å². The lowest BCUT2D eigenvalue weighted by Crippen LogP contribution is -1.97. The highest BCUT2D eigenvalue weighted by Crippen LogP contribution is 2.46. The van der Waals surface area contributed by atoms with Gasteiger partial charge in [0, 0.05) is 65.7 Å². The first-order chi connectivity index (χ1) is 31.8.